The summed E-state index contributed by atoms with van der Waals surface area (Å²) < 4.78 is 6.51. The van der Waals surface area contributed by atoms with E-state index < -0.39 is 0 Å². The van der Waals surface area contributed by atoms with Gasteiger partial charge in [0, 0.05) is 33.4 Å². The van der Waals surface area contributed by atoms with Gasteiger partial charge in [-0.2, -0.15) is 0 Å². The third-order valence-electron chi connectivity index (χ3n) is 9.82. The molecule has 234 valence electrons. The molecule has 2 aromatic heterocycles. The second-order valence-corrected chi connectivity index (χ2v) is 12.8. The molecule has 0 saturated heterocycles. The minimum Gasteiger partial charge on any atom is -0.456 e. The number of benzene rings is 7. The summed E-state index contributed by atoms with van der Waals surface area (Å²) >= 11 is 0. The summed E-state index contributed by atoms with van der Waals surface area (Å²) in [6.45, 7) is 0. The van der Waals surface area contributed by atoms with Gasteiger partial charge in [-0.15, -0.1) is 0 Å². The van der Waals surface area contributed by atoms with E-state index in [1.807, 2.05) is 72.8 Å². The van der Waals surface area contributed by atoms with Gasteiger partial charge >= 0.3 is 0 Å². The normalized spacial score (nSPS) is 13.4. The average Bonchev–Trinajstić information content (AvgIpc) is 3.74. The Kier molecular flexibility index (Phi) is 6.53. The van der Waals surface area contributed by atoms with Gasteiger partial charge in [0.25, 0.3) is 0 Å². The third kappa shape index (κ3) is 4.65. The van der Waals surface area contributed by atoms with Crippen LogP contribution in [0.15, 0.2) is 174 Å². The maximum Gasteiger partial charge on any atom is 0.164 e. The molecule has 1 aliphatic carbocycles. The fourth-order valence-electron chi connectivity index (χ4n) is 7.52. The zero-order chi connectivity index (χ0) is 33.0. The number of rotatable bonds is 5. The molecule has 4 nitrogen and oxygen atoms in total. The molecule has 50 heavy (non-hydrogen) atoms. The van der Waals surface area contributed by atoms with E-state index in [0.29, 0.717) is 17.5 Å². The van der Waals surface area contributed by atoms with E-state index in [9.17, 15) is 0 Å². The highest BCUT2D eigenvalue weighted by Crippen LogP contribution is 2.50. The van der Waals surface area contributed by atoms with Crippen LogP contribution < -0.4 is 0 Å². The molecule has 0 saturated carbocycles. The molecular weight excluding hydrogens is 611 g/mol. The van der Waals surface area contributed by atoms with Crippen LogP contribution in [0, 0.1) is 0 Å². The second kappa shape index (κ2) is 11.5. The van der Waals surface area contributed by atoms with Gasteiger partial charge in [0.1, 0.15) is 11.2 Å². The van der Waals surface area contributed by atoms with Crippen molar-refractivity contribution in [3.63, 3.8) is 0 Å². The van der Waals surface area contributed by atoms with Crippen molar-refractivity contribution >= 4 is 21.9 Å². The average molecular weight is 640 g/mol. The summed E-state index contributed by atoms with van der Waals surface area (Å²) in [6, 6.07) is 59.3. The SMILES string of the molecule is c1ccc(-c2ccc3c(c2)C(c2ccc4oc5cccc(-c6nc(-c7ccccc7)nc(-c7ccccc7)n6)c5c4c2)c2ccccc2-3)cc1. The maximum absolute atomic E-state index is 6.51. The van der Waals surface area contributed by atoms with Gasteiger partial charge in [0.05, 0.1) is 0 Å². The van der Waals surface area contributed by atoms with Crippen LogP contribution in [-0.4, -0.2) is 15.0 Å². The smallest absolute Gasteiger partial charge is 0.164 e. The Labute approximate surface area is 289 Å². The quantitative estimate of drug-likeness (QED) is 0.188. The van der Waals surface area contributed by atoms with Crippen LogP contribution in [0.4, 0.5) is 0 Å². The van der Waals surface area contributed by atoms with E-state index in [-0.39, 0.29) is 5.92 Å². The molecule has 10 rings (SSSR count). The van der Waals surface area contributed by atoms with Crippen molar-refractivity contribution in [3.05, 3.63) is 187 Å². The fraction of sp³-hybridized carbons (Fsp3) is 0.0217. The van der Waals surface area contributed by atoms with Gasteiger partial charge in [-0.25, -0.2) is 15.0 Å². The molecule has 0 amide bonds. The number of hydrogen-bond donors (Lipinski definition) is 0. The molecule has 7 aromatic carbocycles. The van der Waals surface area contributed by atoms with Crippen molar-refractivity contribution in [2.45, 2.75) is 5.92 Å². The highest BCUT2D eigenvalue weighted by atomic mass is 16.3. The van der Waals surface area contributed by atoms with Crippen LogP contribution in [0.3, 0.4) is 0 Å². The van der Waals surface area contributed by atoms with Crippen molar-refractivity contribution in [3.8, 4) is 56.4 Å². The van der Waals surface area contributed by atoms with E-state index in [1.165, 1.54) is 38.9 Å². The topological polar surface area (TPSA) is 51.8 Å². The van der Waals surface area contributed by atoms with Crippen molar-refractivity contribution in [2.24, 2.45) is 0 Å². The van der Waals surface area contributed by atoms with Crippen LogP contribution >= 0.6 is 0 Å². The Hall–Kier alpha value is -6.65. The number of hydrogen-bond acceptors (Lipinski definition) is 4. The lowest BCUT2D eigenvalue weighted by atomic mass is 9.87. The lowest BCUT2D eigenvalue weighted by Crippen LogP contribution is -2.00. The largest absolute Gasteiger partial charge is 0.456 e. The highest BCUT2D eigenvalue weighted by Gasteiger charge is 2.31. The van der Waals surface area contributed by atoms with Gasteiger partial charge in [-0.05, 0) is 63.2 Å². The highest BCUT2D eigenvalue weighted by molar-refractivity contribution is 6.12. The molecule has 0 fully saturated rings. The van der Waals surface area contributed by atoms with Crippen molar-refractivity contribution in [1.82, 2.24) is 15.0 Å². The van der Waals surface area contributed by atoms with Gasteiger partial charge in [0.2, 0.25) is 0 Å². The summed E-state index contributed by atoms with van der Waals surface area (Å²) in [5.41, 5.74) is 13.3. The molecule has 0 radical (unpaired) electrons. The molecule has 9 aromatic rings. The van der Waals surface area contributed by atoms with E-state index >= 15 is 0 Å². The Bertz CT molecular complexity index is 2640. The van der Waals surface area contributed by atoms with Crippen LogP contribution in [0.5, 0.6) is 0 Å². The maximum atomic E-state index is 6.51. The standard InChI is InChI=1S/C46H29N3O/c1-4-13-29(14-5-1)32-23-25-35-34-19-10-11-20-36(34)42(38(35)27-32)33-24-26-40-39(28-33)43-37(21-12-22-41(43)50-40)46-48-44(30-15-6-2-7-16-30)47-45(49-46)31-17-8-3-9-18-31/h1-28,42H. The second-order valence-electron chi connectivity index (χ2n) is 12.8. The van der Waals surface area contributed by atoms with Crippen LogP contribution in [-0.2, 0) is 0 Å². The van der Waals surface area contributed by atoms with Crippen molar-refractivity contribution < 1.29 is 4.42 Å². The number of furan rings is 1. The third-order valence-corrected chi connectivity index (χ3v) is 9.82. The molecule has 1 unspecified atom stereocenters. The molecule has 0 aliphatic heterocycles. The van der Waals surface area contributed by atoms with Crippen LogP contribution in [0.1, 0.15) is 22.6 Å². The molecule has 1 aliphatic rings. The first-order valence-corrected chi connectivity index (χ1v) is 16.9. The van der Waals surface area contributed by atoms with Crippen LogP contribution in [0.25, 0.3) is 78.4 Å². The van der Waals surface area contributed by atoms with Crippen molar-refractivity contribution in [1.29, 1.82) is 0 Å². The van der Waals surface area contributed by atoms with Crippen molar-refractivity contribution in [2.75, 3.05) is 0 Å². The fourth-order valence-corrected chi connectivity index (χ4v) is 7.52. The van der Waals surface area contributed by atoms with Gasteiger partial charge in [0.15, 0.2) is 17.5 Å². The predicted octanol–water partition coefficient (Wildman–Crippen LogP) is 11.6. The molecule has 0 spiro atoms. The minimum atomic E-state index is 0.0814. The Balaban J connectivity index is 1.18. The first-order chi connectivity index (χ1) is 24.8. The molecule has 4 heteroatoms. The van der Waals surface area contributed by atoms with E-state index in [1.54, 1.807) is 0 Å². The summed E-state index contributed by atoms with van der Waals surface area (Å²) in [4.78, 5) is 15.1. The van der Waals surface area contributed by atoms with Gasteiger partial charge < -0.3 is 4.42 Å². The number of aromatic nitrogens is 3. The Morgan fingerprint density at radius 3 is 1.70 bits per heavy atom. The molecule has 1 atom stereocenters. The van der Waals surface area contributed by atoms with Gasteiger partial charge in [-0.3, -0.25) is 0 Å². The van der Waals surface area contributed by atoms with E-state index in [2.05, 4.69) is 97.1 Å². The molecule has 0 N–H and O–H groups in total. The Morgan fingerprint density at radius 1 is 0.380 bits per heavy atom. The summed E-state index contributed by atoms with van der Waals surface area (Å²) in [5.74, 6) is 1.96. The van der Waals surface area contributed by atoms with Gasteiger partial charge in [-0.1, -0.05) is 146 Å². The minimum absolute atomic E-state index is 0.0814. The zero-order valence-electron chi connectivity index (χ0n) is 27.0. The van der Waals surface area contributed by atoms with E-state index in [0.717, 1.165) is 38.6 Å². The molecular formula is C46H29N3O. The number of nitrogens with zero attached hydrogens (tertiary/aromatic N) is 3. The van der Waals surface area contributed by atoms with E-state index in [4.69, 9.17) is 19.4 Å². The summed E-state index contributed by atoms with van der Waals surface area (Å²) in [6.07, 6.45) is 0. The zero-order valence-corrected chi connectivity index (χ0v) is 27.0. The monoisotopic (exact) mass is 639 g/mol. The molecule has 2 heterocycles. The Morgan fingerprint density at radius 2 is 0.980 bits per heavy atom. The van der Waals surface area contributed by atoms with Crippen LogP contribution in [0.2, 0.25) is 0 Å². The first kappa shape index (κ1) is 28.4. The predicted molar refractivity (Wildman–Crippen MR) is 202 cm³/mol. The summed E-state index contributed by atoms with van der Waals surface area (Å²) in [7, 11) is 0. The lowest BCUT2D eigenvalue weighted by Gasteiger charge is -2.16. The molecule has 0 bridgehead atoms. The number of fused-ring (bicyclic) bond motifs is 6. The summed E-state index contributed by atoms with van der Waals surface area (Å²) in [5, 5.41) is 2.04. The first-order valence-electron chi connectivity index (χ1n) is 16.9. The lowest BCUT2D eigenvalue weighted by molar-refractivity contribution is 0.668.